The third-order valence-electron chi connectivity index (χ3n) is 3.73. The monoisotopic (exact) mass is 422 g/mol. The summed E-state index contributed by atoms with van der Waals surface area (Å²) in [5.74, 6) is -0.670. The number of ether oxygens (including phenoxy) is 1. The van der Waals surface area contributed by atoms with Crippen molar-refractivity contribution >= 4 is 40.8 Å². The van der Waals surface area contributed by atoms with Gasteiger partial charge in [0.05, 0.1) is 15.6 Å². The lowest BCUT2D eigenvalue weighted by atomic mass is 10.0. The molecular formula is C18H16Cl2N4O4. The summed E-state index contributed by atoms with van der Waals surface area (Å²) in [6.45, 7) is 3.24. The summed E-state index contributed by atoms with van der Waals surface area (Å²) in [6, 6.07) is 5.72. The molecule has 0 unspecified atom stereocenters. The second-order valence-electron chi connectivity index (χ2n) is 6.07. The number of carbonyl (C=O) groups excluding carboxylic acids is 2. The Hall–Kier alpha value is -2.89. The van der Waals surface area contributed by atoms with Crippen LogP contribution in [0.5, 0.6) is 0 Å². The van der Waals surface area contributed by atoms with E-state index < -0.39 is 18.5 Å². The molecule has 0 saturated carbocycles. The lowest BCUT2D eigenvalue weighted by Gasteiger charge is -2.12. The van der Waals surface area contributed by atoms with Gasteiger partial charge in [-0.25, -0.2) is 9.48 Å². The van der Waals surface area contributed by atoms with Crippen molar-refractivity contribution < 1.29 is 14.3 Å². The SMILES string of the molecule is CC(C)c1cc(C(=O)c2c(Cl)cc(NC(=O)OCC#N)cc2Cl)nn(C)c1=O. The van der Waals surface area contributed by atoms with E-state index >= 15 is 0 Å². The smallest absolute Gasteiger partial charge is 0.412 e. The number of amides is 1. The molecule has 8 nitrogen and oxygen atoms in total. The van der Waals surface area contributed by atoms with Crippen LogP contribution in [-0.4, -0.2) is 28.3 Å². The molecule has 1 aromatic carbocycles. The lowest BCUT2D eigenvalue weighted by molar-refractivity contribution is 0.103. The molecule has 28 heavy (non-hydrogen) atoms. The van der Waals surface area contributed by atoms with Crippen LogP contribution in [0.15, 0.2) is 23.0 Å². The van der Waals surface area contributed by atoms with Gasteiger partial charge < -0.3 is 4.74 Å². The molecule has 1 heterocycles. The van der Waals surface area contributed by atoms with Crippen molar-refractivity contribution in [3.8, 4) is 6.07 Å². The molecule has 1 amide bonds. The van der Waals surface area contributed by atoms with Crippen LogP contribution in [0.3, 0.4) is 0 Å². The average Bonchev–Trinajstić information content (AvgIpc) is 2.61. The van der Waals surface area contributed by atoms with Crippen molar-refractivity contribution in [2.24, 2.45) is 7.05 Å². The summed E-state index contributed by atoms with van der Waals surface area (Å²) in [4.78, 5) is 36.6. The van der Waals surface area contributed by atoms with E-state index in [4.69, 9.17) is 28.5 Å². The van der Waals surface area contributed by atoms with Crippen LogP contribution < -0.4 is 10.9 Å². The molecule has 146 valence electrons. The molecule has 1 aromatic heterocycles. The highest BCUT2D eigenvalue weighted by Crippen LogP contribution is 2.31. The molecule has 0 aliphatic rings. The highest BCUT2D eigenvalue weighted by Gasteiger charge is 2.22. The van der Waals surface area contributed by atoms with Crippen LogP contribution in [0.4, 0.5) is 10.5 Å². The van der Waals surface area contributed by atoms with Crippen molar-refractivity contribution in [2.45, 2.75) is 19.8 Å². The molecule has 0 atom stereocenters. The Morgan fingerprint density at radius 2 is 1.89 bits per heavy atom. The largest absolute Gasteiger partial charge is 0.434 e. The van der Waals surface area contributed by atoms with Crippen LogP contribution in [0.25, 0.3) is 0 Å². The highest BCUT2D eigenvalue weighted by molar-refractivity contribution is 6.41. The maximum atomic E-state index is 12.9. The first-order chi connectivity index (χ1) is 13.1. The summed E-state index contributed by atoms with van der Waals surface area (Å²) in [5, 5.41) is 14.7. The number of nitrogens with zero attached hydrogens (tertiary/aromatic N) is 3. The summed E-state index contributed by atoms with van der Waals surface area (Å²) in [7, 11) is 1.45. The molecule has 0 bridgehead atoms. The van der Waals surface area contributed by atoms with E-state index in [1.165, 1.54) is 25.2 Å². The van der Waals surface area contributed by atoms with Gasteiger partial charge in [-0.3, -0.25) is 14.9 Å². The quantitative estimate of drug-likeness (QED) is 0.737. The van der Waals surface area contributed by atoms with E-state index in [1.807, 2.05) is 13.8 Å². The third-order valence-corrected chi connectivity index (χ3v) is 4.33. The zero-order valence-corrected chi connectivity index (χ0v) is 16.8. The maximum absolute atomic E-state index is 12.9. The summed E-state index contributed by atoms with van der Waals surface area (Å²) < 4.78 is 5.66. The number of hydrogen-bond donors (Lipinski definition) is 1. The van der Waals surface area contributed by atoms with E-state index in [0.717, 1.165) is 4.68 Å². The van der Waals surface area contributed by atoms with Crippen molar-refractivity contribution in [3.05, 3.63) is 55.4 Å². The molecule has 0 fully saturated rings. The number of aryl methyl sites for hydroxylation is 1. The third kappa shape index (κ3) is 4.68. The minimum atomic E-state index is -0.867. The standard InChI is InChI=1S/C18H16Cl2N4O4/c1-9(2)11-8-14(23-24(3)17(11)26)16(25)15-12(19)6-10(7-13(15)20)22-18(27)28-5-4-21/h6-9H,5H2,1-3H3,(H,22,27). The number of benzene rings is 1. The number of nitrogens with one attached hydrogen (secondary N) is 1. The van der Waals surface area contributed by atoms with Crippen molar-refractivity contribution in [3.63, 3.8) is 0 Å². The van der Waals surface area contributed by atoms with Crippen molar-refractivity contribution in [2.75, 3.05) is 11.9 Å². The van der Waals surface area contributed by atoms with E-state index in [1.54, 1.807) is 6.07 Å². The fourth-order valence-electron chi connectivity index (χ4n) is 2.40. The maximum Gasteiger partial charge on any atom is 0.412 e. The Morgan fingerprint density at radius 3 is 2.43 bits per heavy atom. The van der Waals surface area contributed by atoms with Crippen molar-refractivity contribution in [1.29, 1.82) is 5.26 Å². The Bertz CT molecular complexity index is 1020. The van der Waals surface area contributed by atoms with Gasteiger partial charge in [-0.1, -0.05) is 37.0 Å². The Kier molecular flexibility index (Phi) is 6.78. The first-order valence-electron chi connectivity index (χ1n) is 8.08. The van der Waals surface area contributed by atoms with Gasteiger partial charge in [-0.15, -0.1) is 0 Å². The van der Waals surface area contributed by atoms with Gasteiger partial charge in [0.15, 0.2) is 6.61 Å². The van der Waals surface area contributed by atoms with Gasteiger partial charge in [0.25, 0.3) is 5.56 Å². The zero-order valence-electron chi connectivity index (χ0n) is 15.2. The Balaban J connectivity index is 2.41. The molecule has 0 saturated heterocycles. The van der Waals surface area contributed by atoms with Gasteiger partial charge >= 0.3 is 6.09 Å². The number of hydrogen-bond acceptors (Lipinski definition) is 6. The van der Waals surface area contributed by atoms with E-state index in [-0.39, 0.29) is 38.5 Å². The first-order valence-corrected chi connectivity index (χ1v) is 8.84. The first kappa shape index (κ1) is 21.4. The number of ketones is 1. The lowest BCUT2D eigenvalue weighted by Crippen LogP contribution is -2.27. The summed E-state index contributed by atoms with van der Waals surface area (Å²) in [5.41, 5.74) is 0.334. The van der Waals surface area contributed by atoms with Gasteiger partial charge in [-0.2, -0.15) is 10.4 Å². The number of nitriles is 1. The van der Waals surface area contributed by atoms with Crippen LogP contribution in [0, 0.1) is 11.3 Å². The minimum absolute atomic E-state index is 0.0138. The number of aromatic nitrogens is 2. The Morgan fingerprint density at radius 1 is 1.29 bits per heavy atom. The predicted molar refractivity (Wildman–Crippen MR) is 104 cm³/mol. The van der Waals surface area contributed by atoms with Crippen LogP contribution in [-0.2, 0) is 11.8 Å². The molecule has 2 rings (SSSR count). The number of rotatable bonds is 5. The summed E-state index contributed by atoms with van der Waals surface area (Å²) in [6.07, 6.45) is -0.867. The van der Waals surface area contributed by atoms with Gasteiger partial charge in [-0.05, 0) is 24.1 Å². The fourth-order valence-corrected chi connectivity index (χ4v) is 3.06. The molecule has 2 aromatic rings. The van der Waals surface area contributed by atoms with Crippen LogP contribution in [0.2, 0.25) is 10.0 Å². The highest BCUT2D eigenvalue weighted by atomic mass is 35.5. The molecule has 0 aliphatic carbocycles. The minimum Gasteiger partial charge on any atom is -0.434 e. The molecule has 0 radical (unpaired) electrons. The van der Waals surface area contributed by atoms with Gasteiger partial charge in [0.2, 0.25) is 5.78 Å². The second-order valence-corrected chi connectivity index (χ2v) is 6.89. The molecule has 0 aliphatic heterocycles. The van der Waals surface area contributed by atoms with E-state index in [9.17, 15) is 14.4 Å². The number of carbonyl (C=O) groups is 2. The van der Waals surface area contributed by atoms with Crippen molar-refractivity contribution in [1.82, 2.24) is 9.78 Å². The topological polar surface area (TPSA) is 114 Å². The van der Waals surface area contributed by atoms with Crippen LogP contribution >= 0.6 is 23.2 Å². The second kappa shape index (κ2) is 8.87. The predicted octanol–water partition coefficient (Wildman–Crippen LogP) is 3.51. The average molecular weight is 423 g/mol. The number of anilines is 1. The number of halogens is 2. The molecule has 10 heteroatoms. The molecular weight excluding hydrogens is 407 g/mol. The van der Waals surface area contributed by atoms with Crippen LogP contribution in [0.1, 0.15) is 41.4 Å². The van der Waals surface area contributed by atoms with Gasteiger partial charge in [0.1, 0.15) is 11.8 Å². The van der Waals surface area contributed by atoms with Gasteiger partial charge in [0, 0.05) is 18.3 Å². The normalized spacial score (nSPS) is 10.5. The zero-order chi connectivity index (χ0) is 21.0. The Labute approximate surface area is 170 Å². The molecule has 1 N–H and O–H groups in total. The summed E-state index contributed by atoms with van der Waals surface area (Å²) >= 11 is 12.4. The van der Waals surface area contributed by atoms with E-state index in [0.29, 0.717) is 5.56 Å². The molecule has 0 spiro atoms. The fraction of sp³-hybridized carbons (Fsp3) is 0.278. The van der Waals surface area contributed by atoms with E-state index in [2.05, 4.69) is 15.2 Å².